The van der Waals surface area contributed by atoms with Gasteiger partial charge >= 0.3 is 0 Å². The van der Waals surface area contributed by atoms with Gasteiger partial charge < -0.3 is 0 Å². The fraction of sp³-hybridized carbons (Fsp3) is 0.0588. The second-order valence-electron chi connectivity index (χ2n) is 4.79. The average molecular weight is 412 g/mol. The molecule has 0 saturated carbocycles. The summed E-state index contributed by atoms with van der Waals surface area (Å²) in [4.78, 5) is -0.180. The highest BCUT2D eigenvalue weighted by atomic mass is 79.9. The minimum Gasteiger partial charge on any atom is -0.204 e. The van der Waals surface area contributed by atoms with E-state index in [9.17, 15) is 8.78 Å². The Morgan fingerprint density at radius 2 is 1.33 bits per heavy atom. The highest BCUT2D eigenvalue weighted by Gasteiger charge is 2.13. The molecular formula is C17H10Br2F2. The van der Waals surface area contributed by atoms with Gasteiger partial charge in [0.1, 0.15) is 0 Å². The van der Waals surface area contributed by atoms with Crippen LogP contribution in [0, 0.1) is 11.6 Å². The molecule has 0 saturated heterocycles. The predicted molar refractivity (Wildman–Crippen MR) is 88.8 cm³/mol. The van der Waals surface area contributed by atoms with Crippen LogP contribution in [0.3, 0.4) is 0 Å². The van der Waals surface area contributed by atoms with Gasteiger partial charge in [-0.15, -0.1) is 0 Å². The Hall–Kier alpha value is -1.26. The number of fused-ring (bicyclic) bond motifs is 1. The maximum Gasteiger partial charge on any atom is 0.159 e. The second kappa shape index (κ2) is 5.85. The Morgan fingerprint density at radius 3 is 2.10 bits per heavy atom. The zero-order chi connectivity index (χ0) is 15.0. The van der Waals surface area contributed by atoms with E-state index in [1.165, 1.54) is 6.07 Å². The summed E-state index contributed by atoms with van der Waals surface area (Å²) in [6.45, 7) is 0. The smallest absolute Gasteiger partial charge is 0.159 e. The van der Waals surface area contributed by atoms with Crippen molar-refractivity contribution in [3.63, 3.8) is 0 Å². The van der Waals surface area contributed by atoms with Crippen LogP contribution < -0.4 is 0 Å². The van der Waals surface area contributed by atoms with Gasteiger partial charge in [0, 0.05) is 4.47 Å². The van der Waals surface area contributed by atoms with Crippen LogP contribution in [0.2, 0.25) is 0 Å². The van der Waals surface area contributed by atoms with Crippen molar-refractivity contribution < 1.29 is 8.78 Å². The third kappa shape index (κ3) is 3.01. The van der Waals surface area contributed by atoms with E-state index in [2.05, 4.69) is 31.9 Å². The predicted octanol–water partition coefficient (Wildman–Crippen LogP) is 6.36. The molecule has 106 valence electrons. The number of hydrogen-bond donors (Lipinski definition) is 0. The first-order chi connectivity index (χ1) is 10.0. The molecular weight excluding hydrogens is 402 g/mol. The molecule has 0 N–H and O–H groups in total. The van der Waals surface area contributed by atoms with Gasteiger partial charge in [0.05, 0.1) is 4.83 Å². The van der Waals surface area contributed by atoms with Gasteiger partial charge in [0.2, 0.25) is 0 Å². The summed E-state index contributed by atoms with van der Waals surface area (Å²) in [5, 5.41) is 2.22. The molecule has 0 amide bonds. The first-order valence-electron chi connectivity index (χ1n) is 6.33. The van der Waals surface area contributed by atoms with Gasteiger partial charge in [-0.3, -0.25) is 0 Å². The molecule has 4 heteroatoms. The molecule has 0 aliphatic rings. The fourth-order valence-corrected chi connectivity index (χ4v) is 3.20. The van der Waals surface area contributed by atoms with E-state index in [0.29, 0.717) is 5.56 Å². The summed E-state index contributed by atoms with van der Waals surface area (Å²) in [7, 11) is 0. The third-order valence-corrected chi connectivity index (χ3v) is 4.91. The van der Waals surface area contributed by atoms with Crippen LogP contribution in [-0.2, 0) is 0 Å². The third-order valence-electron chi connectivity index (χ3n) is 3.36. The summed E-state index contributed by atoms with van der Waals surface area (Å²) in [5.41, 5.74) is 1.68. The van der Waals surface area contributed by atoms with Crippen molar-refractivity contribution in [3.8, 4) is 0 Å². The van der Waals surface area contributed by atoms with Crippen molar-refractivity contribution in [2.75, 3.05) is 0 Å². The summed E-state index contributed by atoms with van der Waals surface area (Å²) in [5.74, 6) is -1.66. The van der Waals surface area contributed by atoms with Crippen LogP contribution in [0.1, 0.15) is 16.0 Å². The zero-order valence-electron chi connectivity index (χ0n) is 10.8. The van der Waals surface area contributed by atoms with Gasteiger partial charge in [-0.2, -0.15) is 0 Å². The van der Waals surface area contributed by atoms with E-state index in [1.807, 2.05) is 36.4 Å². The molecule has 0 radical (unpaired) electrons. The molecule has 0 heterocycles. The zero-order valence-corrected chi connectivity index (χ0v) is 14.0. The molecule has 1 unspecified atom stereocenters. The number of rotatable bonds is 2. The lowest BCUT2D eigenvalue weighted by atomic mass is 10.0. The average Bonchev–Trinajstić information content (AvgIpc) is 2.49. The normalized spacial score (nSPS) is 12.6. The lowest BCUT2D eigenvalue weighted by Gasteiger charge is -2.12. The molecule has 0 spiro atoms. The van der Waals surface area contributed by atoms with Crippen LogP contribution in [0.25, 0.3) is 10.8 Å². The molecule has 0 aromatic heterocycles. The standard InChI is InChI=1S/C17H10Br2F2/c18-14-5-3-10-7-12(2-1-11(10)8-14)17(19)13-4-6-15(20)16(21)9-13/h1-9,17H. The summed E-state index contributed by atoms with van der Waals surface area (Å²) < 4.78 is 27.4. The molecule has 3 aromatic carbocycles. The van der Waals surface area contributed by atoms with Crippen molar-refractivity contribution in [2.45, 2.75) is 4.83 Å². The van der Waals surface area contributed by atoms with E-state index >= 15 is 0 Å². The molecule has 1 atom stereocenters. The number of benzene rings is 3. The van der Waals surface area contributed by atoms with Gasteiger partial charge in [-0.1, -0.05) is 56.1 Å². The maximum absolute atomic E-state index is 13.4. The van der Waals surface area contributed by atoms with Gasteiger partial charge in [-0.05, 0) is 52.2 Å². The van der Waals surface area contributed by atoms with Gasteiger partial charge in [0.15, 0.2) is 11.6 Å². The van der Waals surface area contributed by atoms with Crippen molar-refractivity contribution in [3.05, 3.63) is 81.8 Å². The van der Waals surface area contributed by atoms with Gasteiger partial charge in [0.25, 0.3) is 0 Å². The lowest BCUT2D eigenvalue weighted by molar-refractivity contribution is 0.507. The van der Waals surface area contributed by atoms with Crippen LogP contribution >= 0.6 is 31.9 Å². The fourth-order valence-electron chi connectivity index (χ4n) is 2.26. The highest BCUT2D eigenvalue weighted by Crippen LogP contribution is 2.33. The van der Waals surface area contributed by atoms with Crippen LogP contribution in [0.15, 0.2) is 59.1 Å². The van der Waals surface area contributed by atoms with E-state index in [0.717, 1.165) is 26.9 Å². The van der Waals surface area contributed by atoms with Gasteiger partial charge in [-0.25, -0.2) is 8.78 Å². The van der Waals surface area contributed by atoms with Crippen molar-refractivity contribution in [1.29, 1.82) is 0 Å². The van der Waals surface area contributed by atoms with E-state index in [4.69, 9.17) is 0 Å². The maximum atomic E-state index is 13.4. The molecule has 3 rings (SSSR count). The Bertz CT molecular complexity index is 815. The van der Waals surface area contributed by atoms with Crippen LogP contribution in [-0.4, -0.2) is 0 Å². The molecule has 0 aliphatic carbocycles. The quantitative estimate of drug-likeness (QED) is 0.430. The van der Waals surface area contributed by atoms with Crippen LogP contribution in [0.4, 0.5) is 8.78 Å². The Kier molecular flexibility index (Phi) is 4.09. The van der Waals surface area contributed by atoms with Crippen molar-refractivity contribution in [1.82, 2.24) is 0 Å². The van der Waals surface area contributed by atoms with Crippen molar-refractivity contribution in [2.24, 2.45) is 0 Å². The Balaban J connectivity index is 2.02. The molecule has 0 nitrogen and oxygen atoms in total. The summed E-state index contributed by atoms with van der Waals surface area (Å²) in [6.07, 6.45) is 0. The Labute approximate surface area is 138 Å². The lowest BCUT2D eigenvalue weighted by Crippen LogP contribution is -1.95. The number of alkyl halides is 1. The first-order valence-corrected chi connectivity index (χ1v) is 8.04. The summed E-state index contributed by atoms with van der Waals surface area (Å²) in [6, 6.07) is 16.0. The molecule has 0 aliphatic heterocycles. The highest BCUT2D eigenvalue weighted by molar-refractivity contribution is 9.10. The van der Waals surface area contributed by atoms with Crippen LogP contribution in [0.5, 0.6) is 0 Å². The van der Waals surface area contributed by atoms with E-state index in [-0.39, 0.29) is 4.83 Å². The molecule has 0 fully saturated rings. The number of hydrogen-bond acceptors (Lipinski definition) is 0. The monoisotopic (exact) mass is 410 g/mol. The topological polar surface area (TPSA) is 0 Å². The van der Waals surface area contributed by atoms with E-state index in [1.54, 1.807) is 6.07 Å². The summed E-state index contributed by atoms with van der Waals surface area (Å²) >= 11 is 7.00. The number of halogens is 4. The Morgan fingerprint density at radius 1 is 0.714 bits per heavy atom. The molecule has 0 bridgehead atoms. The molecule has 3 aromatic rings. The molecule has 21 heavy (non-hydrogen) atoms. The SMILES string of the molecule is Fc1ccc(C(Br)c2ccc3cc(Br)ccc3c2)cc1F. The largest absolute Gasteiger partial charge is 0.204 e. The minimum absolute atomic E-state index is 0.180. The first kappa shape index (κ1) is 14.7. The van der Waals surface area contributed by atoms with Crippen molar-refractivity contribution >= 4 is 42.6 Å². The second-order valence-corrected chi connectivity index (χ2v) is 6.62. The minimum atomic E-state index is -0.832. The van der Waals surface area contributed by atoms with E-state index < -0.39 is 11.6 Å².